The molecular formula is C27H30BNO5S. The van der Waals surface area contributed by atoms with E-state index < -0.39 is 28.2 Å². The second kappa shape index (κ2) is 9.26. The van der Waals surface area contributed by atoms with Crippen LogP contribution in [0.15, 0.2) is 77.7 Å². The molecule has 0 spiro atoms. The van der Waals surface area contributed by atoms with E-state index in [4.69, 9.17) is 9.31 Å². The lowest BCUT2D eigenvalue weighted by Gasteiger charge is -2.32. The third kappa shape index (κ3) is 5.50. The summed E-state index contributed by atoms with van der Waals surface area (Å²) in [5, 5.41) is 2.87. The first-order chi connectivity index (χ1) is 16.4. The van der Waals surface area contributed by atoms with Crippen LogP contribution < -0.4 is 10.8 Å². The Morgan fingerprint density at radius 2 is 1.49 bits per heavy atom. The van der Waals surface area contributed by atoms with Crippen molar-refractivity contribution < 1.29 is 22.5 Å². The van der Waals surface area contributed by atoms with Crippen LogP contribution in [-0.2, 0) is 24.9 Å². The van der Waals surface area contributed by atoms with E-state index in [2.05, 4.69) is 5.32 Å². The number of carbonyl (C=O) groups is 1. The van der Waals surface area contributed by atoms with Crippen molar-refractivity contribution in [3.63, 3.8) is 0 Å². The molecule has 8 heteroatoms. The normalized spacial score (nSPS) is 16.8. The first-order valence-corrected chi connectivity index (χ1v) is 13.2. The molecule has 0 aromatic heterocycles. The molecule has 0 saturated carbocycles. The molecule has 0 aliphatic carbocycles. The van der Waals surface area contributed by atoms with Gasteiger partial charge in [-0.3, -0.25) is 4.79 Å². The van der Waals surface area contributed by atoms with Crippen LogP contribution in [0.25, 0.3) is 0 Å². The molecule has 1 heterocycles. The summed E-state index contributed by atoms with van der Waals surface area (Å²) in [4.78, 5) is 13.2. The summed E-state index contributed by atoms with van der Waals surface area (Å²) in [6.07, 6.45) is 0. The van der Waals surface area contributed by atoms with Crippen LogP contribution >= 0.6 is 0 Å². The van der Waals surface area contributed by atoms with Crippen LogP contribution in [0.5, 0.6) is 0 Å². The zero-order chi connectivity index (χ0) is 25.4. The molecule has 1 fully saturated rings. The first kappa shape index (κ1) is 25.2. The molecule has 1 aliphatic rings. The molecule has 1 N–H and O–H groups in total. The highest BCUT2D eigenvalue weighted by molar-refractivity contribution is 7.90. The summed E-state index contributed by atoms with van der Waals surface area (Å²) < 4.78 is 37.6. The quantitative estimate of drug-likeness (QED) is 0.513. The number of anilines is 1. The lowest BCUT2D eigenvalue weighted by Crippen LogP contribution is -2.41. The van der Waals surface area contributed by atoms with Crippen molar-refractivity contribution in [2.45, 2.75) is 56.5 Å². The van der Waals surface area contributed by atoms with Crippen LogP contribution in [0, 0.1) is 6.92 Å². The molecule has 1 saturated heterocycles. The van der Waals surface area contributed by atoms with Gasteiger partial charge in [-0.2, -0.15) is 0 Å². The van der Waals surface area contributed by atoms with Gasteiger partial charge in [-0.05, 0) is 82.0 Å². The Hall–Kier alpha value is -2.94. The lowest BCUT2D eigenvalue weighted by atomic mass is 9.78. The number of aryl methyl sites for hydroxylation is 1. The van der Waals surface area contributed by atoms with Gasteiger partial charge in [0.25, 0.3) is 5.91 Å². The van der Waals surface area contributed by atoms with Crippen molar-refractivity contribution in [2.24, 2.45) is 0 Å². The number of carbonyl (C=O) groups excluding carboxylic acids is 1. The summed E-state index contributed by atoms with van der Waals surface area (Å²) in [6, 6.07) is 20.8. The number of nitrogens with one attached hydrogen (secondary N) is 1. The van der Waals surface area contributed by atoms with E-state index in [9.17, 15) is 13.2 Å². The highest BCUT2D eigenvalue weighted by Gasteiger charge is 2.51. The summed E-state index contributed by atoms with van der Waals surface area (Å²) in [6.45, 7) is 9.86. The van der Waals surface area contributed by atoms with Gasteiger partial charge in [0, 0.05) is 11.3 Å². The van der Waals surface area contributed by atoms with Crippen LogP contribution in [0.3, 0.4) is 0 Å². The minimum Gasteiger partial charge on any atom is -0.399 e. The Bertz CT molecular complexity index is 1320. The van der Waals surface area contributed by atoms with E-state index in [0.717, 1.165) is 11.0 Å². The molecule has 3 aromatic carbocycles. The van der Waals surface area contributed by atoms with Gasteiger partial charge in [0.2, 0.25) is 0 Å². The predicted molar refractivity (Wildman–Crippen MR) is 139 cm³/mol. The van der Waals surface area contributed by atoms with Crippen molar-refractivity contribution in [3.05, 3.63) is 89.5 Å². The smallest absolute Gasteiger partial charge is 0.399 e. The number of hydrogen-bond acceptors (Lipinski definition) is 5. The molecule has 4 rings (SSSR count). The molecular weight excluding hydrogens is 461 g/mol. The Morgan fingerprint density at radius 1 is 0.886 bits per heavy atom. The van der Waals surface area contributed by atoms with Gasteiger partial charge in [0.1, 0.15) is 0 Å². The van der Waals surface area contributed by atoms with Crippen molar-refractivity contribution in [1.82, 2.24) is 0 Å². The third-order valence-corrected chi connectivity index (χ3v) is 8.33. The largest absolute Gasteiger partial charge is 0.494 e. The van der Waals surface area contributed by atoms with E-state index in [-0.39, 0.29) is 11.7 Å². The van der Waals surface area contributed by atoms with Gasteiger partial charge in [-0.25, -0.2) is 8.42 Å². The zero-order valence-corrected chi connectivity index (χ0v) is 21.5. The summed E-state index contributed by atoms with van der Waals surface area (Å²) in [7, 11) is -4.00. The highest BCUT2D eigenvalue weighted by atomic mass is 32.2. The molecule has 0 bridgehead atoms. The predicted octanol–water partition coefficient (Wildman–Crippen LogP) is 4.52. The average Bonchev–Trinajstić information content (AvgIpc) is 3.02. The van der Waals surface area contributed by atoms with Gasteiger partial charge >= 0.3 is 7.12 Å². The molecule has 1 amide bonds. The van der Waals surface area contributed by atoms with Crippen molar-refractivity contribution in [3.8, 4) is 0 Å². The number of sulfone groups is 1. The van der Waals surface area contributed by atoms with E-state index in [0.29, 0.717) is 21.7 Å². The molecule has 0 atom stereocenters. The Balaban J connectivity index is 1.43. The molecule has 1 aliphatic heterocycles. The fourth-order valence-corrected chi connectivity index (χ4v) is 5.09. The second-order valence-corrected chi connectivity index (χ2v) is 11.9. The highest BCUT2D eigenvalue weighted by Crippen LogP contribution is 2.36. The van der Waals surface area contributed by atoms with E-state index >= 15 is 0 Å². The Kier molecular flexibility index (Phi) is 6.66. The first-order valence-electron chi connectivity index (χ1n) is 11.5. The number of benzene rings is 3. The molecule has 3 aromatic rings. The lowest BCUT2D eigenvalue weighted by molar-refractivity contribution is 0.00578. The fraction of sp³-hybridized carbons (Fsp3) is 0.296. The van der Waals surface area contributed by atoms with Crippen LogP contribution in [0.2, 0.25) is 0 Å². The standard InChI is InChI=1S/C27H30BNO5S/c1-19-9-15-24(16-10-19)35(31,32)18-20-11-13-23(14-12-20)29-25(30)21-7-6-8-22(17-21)28-33-26(2,3)27(4,5)34-28/h6-17H,18H2,1-5H3,(H,29,30). The van der Waals surface area contributed by atoms with E-state index in [1.54, 1.807) is 66.7 Å². The van der Waals surface area contributed by atoms with Gasteiger partial charge in [-0.1, -0.05) is 42.0 Å². The van der Waals surface area contributed by atoms with Crippen molar-refractivity contribution >= 4 is 34.0 Å². The number of hydrogen-bond donors (Lipinski definition) is 1. The van der Waals surface area contributed by atoms with Gasteiger partial charge in [0.05, 0.1) is 21.9 Å². The summed E-state index contributed by atoms with van der Waals surface area (Å²) in [5.41, 5.74) is 2.54. The van der Waals surface area contributed by atoms with Gasteiger partial charge in [0.15, 0.2) is 9.84 Å². The van der Waals surface area contributed by atoms with Crippen molar-refractivity contribution in [1.29, 1.82) is 0 Å². The van der Waals surface area contributed by atoms with Gasteiger partial charge in [-0.15, -0.1) is 0 Å². The molecule has 0 radical (unpaired) electrons. The summed E-state index contributed by atoms with van der Waals surface area (Å²) in [5.74, 6) is -0.385. The number of rotatable bonds is 6. The minimum atomic E-state index is -3.45. The molecule has 35 heavy (non-hydrogen) atoms. The minimum absolute atomic E-state index is 0.111. The molecule has 6 nitrogen and oxygen atoms in total. The maximum Gasteiger partial charge on any atom is 0.494 e. The maximum atomic E-state index is 12.9. The number of amides is 1. The van der Waals surface area contributed by atoms with Crippen LogP contribution in [0.4, 0.5) is 5.69 Å². The third-order valence-electron chi connectivity index (χ3n) is 6.62. The fourth-order valence-electron chi connectivity index (χ4n) is 3.74. The maximum absolute atomic E-state index is 12.9. The molecule has 182 valence electrons. The zero-order valence-electron chi connectivity index (χ0n) is 20.7. The Labute approximate surface area is 207 Å². The average molecular weight is 491 g/mol. The van der Waals surface area contributed by atoms with Crippen molar-refractivity contribution in [2.75, 3.05) is 5.32 Å². The van der Waals surface area contributed by atoms with Crippen LogP contribution in [0.1, 0.15) is 49.2 Å². The van der Waals surface area contributed by atoms with Gasteiger partial charge < -0.3 is 14.6 Å². The van der Waals surface area contributed by atoms with Crippen LogP contribution in [-0.4, -0.2) is 32.6 Å². The second-order valence-electron chi connectivity index (χ2n) is 9.94. The van der Waals surface area contributed by atoms with E-state index in [1.807, 2.05) is 40.7 Å². The molecule has 0 unspecified atom stereocenters. The van der Waals surface area contributed by atoms with E-state index in [1.165, 1.54) is 0 Å². The summed E-state index contributed by atoms with van der Waals surface area (Å²) >= 11 is 0. The monoisotopic (exact) mass is 491 g/mol. The topological polar surface area (TPSA) is 81.7 Å². The Morgan fingerprint density at radius 3 is 2.09 bits per heavy atom. The SMILES string of the molecule is Cc1ccc(S(=O)(=O)Cc2ccc(NC(=O)c3cccc(B4OC(C)(C)C(C)(C)O4)c3)cc2)cc1.